The summed E-state index contributed by atoms with van der Waals surface area (Å²) in [5, 5.41) is 4.36. The molecule has 3 nitrogen and oxygen atoms in total. The summed E-state index contributed by atoms with van der Waals surface area (Å²) in [6.45, 7) is 0. The number of likely N-dealkylation sites (N-methyl/N-ethyl adjacent to an activating group) is 1. The maximum atomic E-state index is 5.38. The molecule has 2 aromatic rings. The van der Waals surface area contributed by atoms with E-state index in [-0.39, 0.29) is 0 Å². The summed E-state index contributed by atoms with van der Waals surface area (Å²) in [4.78, 5) is 6.07. The summed E-state index contributed by atoms with van der Waals surface area (Å²) in [7, 11) is 2.03. The molecule has 1 unspecified atom stereocenters. The van der Waals surface area contributed by atoms with E-state index < -0.39 is 0 Å². The zero-order chi connectivity index (χ0) is 11.0. The first-order valence-electron chi connectivity index (χ1n) is 5.56. The van der Waals surface area contributed by atoms with Crippen LogP contribution in [0, 0.1) is 0 Å². The lowest BCUT2D eigenvalue weighted by Crippen LogP contribution is -2.30. The number of fused-ring (bicyclic) bond motifs is 1. The lowest BCUT2D eigenvalue weighted by Gasteiger charge is -2.19. The Hall–Kier alpha value is -1.13. The van der Waals surface area contributed by atoms with E-state index in [2.05, 4.69) is 10.3 Å². The van der Waals surface area contributed by atoms with Gasteiger partial charge in [-0.15, -0.1) is 11.3 Å². The van der Waals surface area contributed by atoms with Crippen molar-refractivity contribution in [2.24, 2.45) is 0 Å². The van der Waals surface area contributed by atoms with Gasteiger partial charge in [-0.2, -0.15) is 0 Å². The average Bonchev–Trinajstić information content (AvgIpc) is 2.96. The van der Waals surface area contributed by atoms with Crippen LogP contribution in [0.2, 0.25) is 0 Å². The second kappa shape index (κ2) is 4.03. The summed E-state index contributed by atoms with van der Waals surface area (Å²) >= 11 is 1.77. The van der Waals surface area contributed by atoms with E-state index in [1.165, 1.54) is 17.0 Å². The molecule has 0 spiro atoms. The normalized spacial score (nSPS) is 19.7. The largest absolute Gasteiger partial charge is 0.462 e. The van der Waals surface area contributed by atoms with Gasteiger partial charge in [-0.25, -0.2) is 4.98 Å². The molecule has 2 heterocycles. The Bertz CT molecular complexity index is 475. The van der Waals surface area contributed by atoms with Gasteiger partial charge in [0.1, 0.15) is 0 Å². The minimum absolute atomic E-state index is 0.609. The predicted molar refractivity (Wildman–Crippen MR) is 64.7 cm³/mol. The maximum Gasteiger partial charge on any atom is 0.162 e. The fourth-order valence-electron chi connectivity index (χ4n) is 2.13. The predicted octanol–water partition coefficient (Wildman–Crippen LogP) is 2.48. The van der Waals surface area contributed by atoms with Gasteiger partial charge >= 0.3 is 0 Å². The van der Waals surface area contributed by atoms with Gasteiger partial charge in [0.25, 0.3) is 0 Å². The number of aromatic nitrogens is 1. The van der Waals surface area contributed by atoms with Crippen LogP contribution in [0.4, 0.5) is 0 Å². The smallest absolute Gasteiger partial charge is 0.162 e. The molecular weight excluding hydrogens is 220 g/mol. The van der Waals surface area contributed by atoms with Crippen LogP contribution >= 0.6 is 11.3 Å². The van der Waals surface area contributed by atoms with E-state index in [0.29, 0.717) is 6.04 Å². The van der Waals surface area contributed by atoms with Gasteiger partial charge in [-0.3, -0.25) is 0 Å². The molecule has 0 fully saturated rings. The fraction of sp³-hybridized carbons (Fsp3) is 0.417. The summed E-state index contributed by atoms with van der Waals surface area (Å²) < 4.78 is 5.38. The summed E-state index contributed by atoms with van der Waals surface area (Å²) in [5.41, 5.74) is 1.27. The standard InChI is InChI=1S/C12H14N2OS/c1-13-8-4-5-9-11(7-8)16-12(14-9)10-3-2-6-15-10/h2-3,6,8,13H,4-5,7H2,1H3. The van der Waals surface area contributed by atoms with Gasteiger partial charge in [0.15, 0.2) is 10.8 Å². The van der Waals surface area contributed by atoms with Crippen molar-refractivity contribution in [2.75, 3.05) is 7.05 Å². The van der Waals surface area contributed by atoms with Crippen LogP contribution in [0.25, 0.3) is 10.8 Å². The third kappa shape index (κ3) is 1.68. The molecule has 0 amide bonds. The highest BCUT2D eigenvalue weighted by Gasteiger charge is 2.22. The molecule has 3 rings (SSSR count). The quantitative estimate of drug-likeness (QED) is 0.867. The van der Waals surface area contributed by atoms with Gasteiger partial charge in [-0.1, -0.05) is 0 Å². The van der Waals surface area contributed by atoms with Crippen LogP contribution in [-0.4, -0.2) is 18.1 Å². The van der Waals surface area contributed by atoms with Crippen molar-refractivity contribution in [2.45, 2.75) is 25.3 Å². The molecule has 0 aromatic carbocycles. The molecule has 1 N–H and O–H groups in total. The summed E-state index contributed by atoms with van der Waals surface area (Å²) in [6.07, 6.45) is 5.07. The van der Waals surface area contributed by atoms with Gasteiger partial charge in [-0.05, 0) is 38.4 Å². The molecule has 0 radical (unpaired) electrons. The first-order valence-corrected chi connectivity index (χ1v) is 6.38. The lowest BCUT2D eigenvalue weighted by molar-refractivity contribution is 0.497. The number of nitrogens with one attached hydrogen (secondary N) is 1. The van der Waals surface area contributed by atoms with Crippen LogP contribution in [0.5, 0.6) is 0 Å². The van der Waals surface area contributed by atoms with E-state index in [0.717, 1.165) is 23.6 Å². The second-order valence-electron chi connectivity index (χ2n) is 4.09. The van der Waals surface area contributed by atoms with Crippen molar-refractivity contribution in [1.29, 1.82) is 0 Å². The first-order chi connectivity index (χ1) is 7.86. The highest BCUT2D eigenvalue weighted by Crippen LogP contribution is 2.32. The number of hydrogen-bond acceptors (Lipinski definition) is 4. The molecule has 16 heavy (non-hydrogen) atoms. The van der Waals surface area contributed by atoms with Crippen molar-refractivity contribution >= 4 is 11.3 Å². The average molecular weight is 234 g/mol. The topological polar surface area (TPSA) is 38.1 Å². The SMILES string of the molecule is CNC1CCc2nc(-c3ccco3)sc2C1. The van der Waals surface area contributed by atoms with Crippen LogP contribution in [0.3, 0.4) is 0 Å². The Balaban J connectivity index is 1.92. The molecule has 1 aliphatic rings. The lowest BCUT2D eigenvalue weighted by atomic mass is 9.98. The Labute approximate surface area is 98.5 Å². The molecule has 0 saturated heterocycles. The fourth-order valence-corrected chi connectivity index (χ4v) is 3.28. The van der Waals surface area contributed by atoms with Crippen LogP contribution in [0.15, 0.2) is 22.8 Å². The van der Waals surface area contributed by atoms with Crippen molar-refractivity contribution in [3.63, 3.8) is 0 Å². The van der Waals surface area contributed by atoms with Crippen molar-refractivity contribution < 1.29 is 4.42 Å². The molecule has 0 saturated carbocycles. The zero-order valence-corrected chi connectivity index (χ0v) is 10.0. The Morgan fingerprint density at radius 2 is 2.50 bits per heavy atom. The van der Waals surface area contributed by atoms with Crippen molar-refractivity contribution in [3.05, 3.63) is 29.0 Å². The minimum Gasteiger partial charge on any atom is -0.462 e. The Morgan fingerprint density at radius 3 is 3.25 bits per heavy atom. The molecule has 1 aliphatic carbocycles. The molecule has 2 aromatic heterocycles. The van der Waals surface area contributed by atoms with E-state index >= 15 is 0 Å². The number of hydrogen-bond donors (Lipinski definition) is 1. The van der Waals surface area contributed by atoms with Gasteiger partial charge in [0.05, 0.1) is 12.0 Å². The summed E-state index contributed by atoms with van der Waals surface area (Å²) in [6, 6.07) is 4.49. The number of thiazole rings is 1. The Morgan fingerprint density at radius 1 is 1.56 bits per heavy atom. The minimum atomic E-state index is 0.609. The van der Waals surface area contributed by atoms with Crippen LogP contribution in [-0.2, 0) is 12.8 Å². The molecule has 84 valence electrons. The molecular formula is C12H14N2OS. The molecule has 4 heteroatoms. The highest BCUT2D eigenvalue weighted by atomic mass is 32.1. The van der Waals surface area contributed by atoms with Crippen molar-refractivity contribution in [3.8, 4) is 10.8 Å². The van der Waals surface area contributed by atoms with Gasteiger partial charge in [0.2, 0.25) is 0 Å². The second-order valence-corrected chi connectivity index (χ2v) is 5.18. The maximum absolute atomic E-state index is 5.38. The van der Waals surface area contributed by atoms with Crippen LogP contribution < -0.4 is 5.32 Å². The molecule has 1 atom stereocenters. The first kappa shape index (κ1) is 10.1. The Kier molecular flexibility index (Phi) is 2.53. The third-order valence-corrected chi connectivity index (χ3v) is 4.21. The number of furan rings is 1. The number of rotatable bonds is 2. The van der Waals surface area contributed by atoms with E-state index in [9.17, 15) is 0 Å². The third-order valence-electron chi connectivity index (χ3n) is 3.08. The monoisotopic (exact) mass is 234 g/mol. The number of aryl methyl sites for hydroxylation is 1. The van der Waals surface area contributed by atoms with E-state index in [1.54, 1.807) is 17.6 Å². The van der Waals surface area contributed by atoms with Crippen molar-refractivity contribution in [1.82, 2.24) is 10.3 Å². The van der Waals surface area contributed by atoms with E-state index in [4.69, 9.17) is 4.42 Å². The molecule has 0 aliphatic heterocycles. The van der Waals surface area contributed by atoms with Gasteiger partial charge < -0.3 is 9.73 Å². The van der Waals surface area contributed by atoms with Gasteiger partial charge in [0, 0.05) is 10.9 Å². The number of nitrogens with zero attached hydrogens (tertiary/aromatic N) is 1. The molecule has 0 bridgehead atoms. The zero-order valence-electron chi connectivity index (χ0n) is 9.19. The van der Waals surface area contributed by atoms with Crippen LogP contribution in [0.1, 0.15) is 17.0 Å². The van der Waals surface area contributed by atoms with E-state index in [1.807, 2.05) is 19.2 Å². The summed E-state index contributed by atoms with van der Waals surface area (Å²) in [5.74, 6) is 0.889. The highest BCUT2D eigenvalue weighted by molar-refractivity contribution is 7.15.